The predicted molar refractivity (Wildman–Crippen MR) is 63.8 cm³/mol. The highest BCUT2D eigenvalue weighted by Gasteiger charge is 1.98. The van der Waals surface area contributed by atoms with E-state index in [0.717, 1.165) is 5.76 Å². The summed E-state index contributed by atoms with van der Waals surface area (Å²) in [4.78, 5) is 7.87. The van der Waals surface area contributed by atoms with Gasteiger partial charge in [0.2, 0.25) is 0 Å². The highest BCUT2D eigenvalue weighted by Crippen LogP contribution is 2.03. The largest absolute Gasteiger partial charge is 0.460 e. The topological polar surface area (TPSA) is 89.7 Å². The van der Waals surface area contributed by atoms with Gasteiger partial charge in [-0.1, -0.05) is 0 Å². The molecule has 2 N–H and O–H groups in total. The molecule has 2 rings (SSSR count). The zero-order valence-corrected chi connectivity index (χ0v) is 9.24. The Bertz CT molecular complexity index is 544. The van der Waals surface area contributed by atoms with Crippen molar-refractivity contribution >= 4 is 12.1 Å². The molecule has 2 aromatic heterocycles. The van der Waals surface area contributed by atoms with Gasteiger partial charge in [-0.15, -0.1) is 5.10 Å². The van der Waals surface area contributed by atoms with Gasteiger partial charge in [0.25, 0.3) is 0 Å². The molecule has 0 unspecified atom stereocenters. The molecule has 0 aliphatic heterocycles. The Balaban J connectivity index is 2.08. The Kier molecular flexibility index (Phi) is 3.25. The number of nitrogens with zero attached hydrogens (tertiary/aromatic N) is 4. The standard InChI is InChI=1S/C11H11N5O/c1-8-2-3-9(17-8)6-15-16-11(12)10-7-13-4-5-14-10/h2-7H,1H3,(H2,12,16)/b15-6+. The van der Waals surface area contributed by atoms with E-state index >= 15 is 0 Å². The van der Waals surface area contributed by atoms with Crippen molar-refractivity contribution in [2.75, 3.05) is 0 Å². The Morgan fingerprint density at radius 2 is 2.29 bits per heavy atom. The third kappa shape index (κ3) is 2.97. The summed E-state index contributed by atoms with van der Waals surface area (Å²) in [6, 6.07) is 3.64. The Hall–Kier alpha value is -2.50. The van der Waals surface area contributed by atoms with Crippen molar-refractivity contribution in [2.45, 2.75) is 6.92 Å². The van der Waals surface area contributed by atoms with Crippen molar-refractivity contribution in [3.63, 3.8) is 0 Å². The first-order chi connectivity index (χ1) is 8.25. The van der Waals surface area contributed by atoms with E-state index in [1.807, 2.05) is 13.0 Å². The zero-order chi connectivity index (χ0) is 12.1. The predicted octanol–water partition coefficient (Wildman–Crippen LogP) is 1.12. The average molecular weight is 229 g/mol. The summed E-state index contributed by atoms with van der Waals surface area (Å²) in [5.74, 6) is 1.65. The number of amidine groups is 1. The minimum atomic E-state index is 0.206. The Labute approximate surface area is 97.9 Å². The van der Waals surface area contributed by atoms with E-state index in [1.165, 1.54) is 18.6 Å². The van der Waals surface area contributed by atoms with Gasteiger partial charge < -0.3 is 10.2 Å². The fourth-order valence-electron chi connectivity index (χ4n) is 1.15. The van der Waals surface area contributed by atoms with Crippen LogP contribution in [0.15, 0.2) is 45.3 Å². The summed E-state index contributed by atoms with van der Waals surface area (Å²) in [6.07, 6.45) is 6.10. The molecular weight excluding hydrogens is 218 g/mol. The summed E-state index contributed by atoms with van der Waals surface area (Å²) in [5.41, 5.74) is 6.15. The van der Waals surface area contributed by atoms with Crippen LogP contribution in [0.3, 0.4) is 0 Å². The molecule has 0 aliphatic rings. The van der Waals surface area contributed by atoms with Crippen molar-refractivity contribution in [3.8, 4) is 0 Å². The highest BCUT2D eigenvalue weighted by atomic mass is 16.3. The lowest BCUT2D eigenvalue weighted by molar-refractivity contribution is 0.528. The molecule has 2 heterocycles. The molecular formula is C11H11N5O. The Morgan fingerprint density at radius 3 is 2.94 bits per heavy atom. The summed E-state index contributed by atoms with van der Waals surface area (Å²) in [7, 11) is 0. The third-order valence-corrected chi connectivity index (χ3v) is 1.94. The van der Waals surface area contributed by atoms with E-state index in [1.54, 1.807) is 12.3 Å². The number of aromatic nitrogens is 2. The van der Waals surface area contributed by atoms with Crippen LogP contribution in [0.2, 0.25) is 0 Å². The van der Waals surface area contributed by atoms with Crippen LogP contribution in [0.25, 0.3) is 0 Å². The molecule has 6 nitrogen and oxygen atoms in total. The summed E-state index contributed by atoms with van der Waals surface area (Å²) < 4.78 is 5.28. The highest BCUT2D eigenvalue weighted by molar-refractivity contribution is 5.95. The number of hydrogen-bond donors (Lipinski definition) is 1. The number of aryl methyl sites for hydroxylation is 1. The van der Waals surface area contributed by atoms with Gasteiger partial charge in [0.15, 0.2) is 5.84 Å². The fourth-order valence-corrected chi connectivity index (χ4v) is 1.15. The Morgan fingerprint density at radius 1 is 1.41 bits per heavy atom. The molecule has 17 heavy (non-hydrogen) atoms. The fraction of sp³-hybridized carbons (Fsp3) is 0.0909. The van der Waals surface area contributed by atoms with E-state index in [0.29, 0.717) is 11.5 Å². The molecule has 0 atom stereocenters. The second kappa shape index (κ2) is 5.02. The monoisotopic (exact) mass is 229 g/mol. The maximum atomic E-state index is 5.67. The molecule has 0 saturated carbocycles. The van der Waals surface area contributed by atoms with Crippen LogP contribution in [0.5, 0.6) is 0 Å². The lowest BCUT2D eigenvalue weighted by atomic mass is 10.4. The van der Waals surface area contributed by atoms with Crippen LogP contribution >= 0.6 is 0 Å². The van der Waals surface area contributed by atoms with Gasteiger partial charge in [-0.05, 0) is 19.1 Å². The van der Waals surface area contributed by atoms with Crippen LogP contribution < -0.4 is 5.73 Å². The molecule has 0 saturated heterocycles. The van der Waals surface area contributed by atoms with Crippen LogP contribution in [0, 0.1) is 6.92 Å². The van der Waals surface area contributed by atoms with Gasteiger partial charge in [0, 0.05) is 12.4 Å². The number of furan rings is 1. The SMILES string of the molecule is Cc1ccc(/C=N/N=C(\N)c2cnccn2)o1. The van der Waals surface area contributed by atoms with Gasteiger partial charge in [0.1, 0.15) is 17.2 Å². The molecule has 0 aromatic carbocycles. The molecule has 6 heteroatoms. The maximum Gasteiger partial charge on any atom is 0.173 e. The van der Waals surface area contributed by atoms with Gasteiger partial charge >= 0.3 is 0 Å². The quantitative estimate of drug-likeness (QED) is 0.485. The third-order valence-electron chi connectivity index (χ3n) is 1.94. The van der Waals surface area contributed by atoms with Gasteiger partial charge in [-0.3, -0.25) is 4.98 Å². The molecule has 0 radical (unpaired) electrons. The zero-order valence-electron chi connectivity index (χ0n) is 9.24. The average Bonchev–Trinajstić information content (AvgIpc) is 2.76. The van der Waals surface area contributed by atoms with E-state index in [2.05, 4.69) is 20.2 Å². The second-order valence-corrected chi connectivity index (χ2v) is 3.27. The molecule has 0 aliphatic carbocycles. The van der Waals surface area contributed by atoms with E-state index in [9.17, 15) is 0 Å². The summed E-state index contributed by atoms with van der Waals surface area (Å²) in [6.45, 7) is 1.86. The smallest absolute Gasteiger partial charge is 0.173 e. The summed E-state index contributed by atoms with van der Waals surface area (Å²) in [5, 5.41) is 7.61. The first-order valence-corrected chi connectivity index (χ1v) is 4.95. The minimum absolute atomic E-state index is 0.206. The van der Waals surface area contributed by atoms with Crippen molar-refractivity contribution < 1.29 is 4.42 Å². The van der Waals surface area contributed by atoms with E-state index in [4.69, 9.17) is 10.2 Å². The summed E-state index contributed by atoms with van der Waals surface area (Å²) >= 11 is 0. The van der Waals surface area contributed by atoms with Crippen molar-refractivity contribution in [2.24, 2.45) is 15.9 Å². The lowest BCUT2D eigenvalue weighted by Gasteiger charge is -1.94. The minimum Gasteiger partial charge on any atom is -0.460 e. The molecule has 86 valence electrons. The van der Waals surface area contributed by atoms with Crippen LogP contribution in [-0.4, -0.2) is 22.0 Å². The van der Waals surface area contributed by atoms with Crippen molar-refractivity contribution in [3.05, 3.63) is 47.9 Å². The van der Waals surface area contributed by atoms with Crippen molar-refractivity contribution in [1.29, 1.82) is 0 Å². The first-order valence-electron chi connectivity index (χ1n) is 4.95. The molecule has 0 bridgehead atoms. The molecule has 0 fully saturated rings. The first kappa shape index (κ1) is 11.0. The van der Waals surface area contributed by atoms with E-state index in [-0.39, 0.29) is 5.84 Å². The van der Waals surface area contributed by atoms with Crippen LogP contribution in [0.1, 0.15) is 17.2 Å². The lowest BCUT2D eigenvalue weighted by Crippen LogP contribution is -2.14. The van der Waals surface area contributed by atoms with E-state index < -0.39 is 0 Å². The van der Waals surface area contributed by atoms with Gasteiger partial charge in [-0.25, -0.2) is 4.98 Å². The second-order valence-electron chi connectivity index (χ2n) is 3.27. The van der Waals surface area contributed by atoms with Crippen molar-refractivity contribution in [1.82, 2.24) is 9.97 Å². The molecule has 2 aromatic rings. The molecule has 0 spiro atoms. The number of rotatable bonds is 3. The number of nitrogens with two attached hydrogens (primary N) is 1. The molecule has 0 amide bonds. The van der Waals surface area contributed by atoms with Gasteiger partial charge in [-0.2, -0.15) is 5.10 Å². The normalized spacial score (nSPS) is 12.2. The van der Waals surface area contributed by atoms with Gasteiger partial charge in [0.05, 0.1) is 12.4 Å². The van der Waals surface area contributed by atoms with Crippen LogP contribution in [-0.2, 0) is 0 Å². The number of hydrogen-bond acceptors (Lipinski definition) is 5. The maximum absolute atomic E-state index is 5.67. The van der Waals surface area contributed by atoms with Crippen LogP contribution in [0.4, 0.5) is 0 Å².